The topological polar surface area (TPSA) is 3.24 Å². The van der Waals surface area contributed by atoms with Crippen LogP contribution in [-0.4, -0.2) is 13.1 Å². The summed E-state index contributed by atoms with van der Waals surface area (Å²) in [5.74, 6) is 0.923. The molecule has 1 aliphatic heterocycles. The monoisotopic (exact) mass is 253 g/mol. The molecule has 1 saturated heterocycles. The Balaban J connectivity index is 1.96. The lowest BCUT2D eigenvalue weighted by Gasteiger charge is -2.41. The van der Waals surface area contributed by atoms with Gasteiger partial charge < -0.3 is 4.90 Å². The fraction of sp³-hybridized carbons (Fsp3) is 0.500. The van der Waals surface area contributed by atoms with E-state index in [0.717, 1.165) is 5.92 Å². The average Bonchev–Trinajstić information content (AvgIpc) is 2.12. The van der Waals surface area contributed by atoms with Crippen molar-refractivity contribution in [3.63, 3.8) is 0 Å². The molecule has 0 unspecified atom stereocenters. The fourth-order valence-electron chi connectivity index (χ4n) is 2.07. The molecule has 0 bridgehead atoms. The van der Waals surface area contributed by atoms with Crippen molar-refractivity contribution in [2.45, 2.75) is 19.8 Å². The summed E-state index contributed by atoms with van der Waals surface area (Å²) in [5.41, 5.74) is 1.35. The number of halogens is 1. The quantitative estimate of drug-likeness (QED) is 0.795. The van der Waals surface area contributed by atoms with E-state index in [2.05, 4.69) is 52.0 Å². The molecule has 2 rings (SSSR count). The zero-order valence-corrected chi connectivity index (χ0v) is 10.1. The summed E-state index contributed by atoms with van der Waals surface area (Å²) in [5, 5.41) is 0. The minimum absolute atomic E-state index is 0.923. The maximum Gasteiger partial charge on any atom is 0.0510 e. The van der Waals surface area contributed by atoms with Gasteiger partial charge in [-0.1, -0.05) is 25.5 Å². The van der Waals surface area contributed by atoms with Crippen LogP contribution < -0.4 is 4.90 Å². The molecule has 0 saturated carbocycles. The van der Waals surface area contributed by atoms with Gasteiger partial charge in [0.05, 0.1) is 5.69 Å². The first-order chi connectivity index (χ1) is 6.81. The molecule has 1 nitrogen and oxygen atoms in total. The molecule has 0 aliphatic carbocycles. The smallest absolute Gasteiger partial charge is 0.0510 e. The van der Waals surface area contributed by atoms with Gasteiger partial charge in [-0.25, -0.2) is 0 Å². The lowest BCUT2D eigenvalue weighted by atomic mass is 9.94. The number of hydrogen-bond donors (Lipinski definition) is 0. The summed E-state index contributed by atoms with van der Waals surface area (Å²) >= 11 is 3.59. The molecule has 76 valence electrons. The predicted molar refractivity (Wildman–Crippen MR) is 64.8 cm³/mol. The van der Waals surface area contributed by atoms with E-state index in [1.54, 1.807) is 0 Å². The number of rotatable bonds is 3. The van der Waals surface area contributed by atoms with E-state index < -0.39 is 0 Å². The van der Waals surface area contributed by atoms with Crippen molar-refractivity contribution in [1.82, 2.24) is 0 Å². The summed E-state index contributed by atoms with van der Waals surface area (Å²) < 4.78 is 1.22. The zero-order chi connectivity index (χ0) is 9.97. The first-order valence-corrected chi connectivity index (χ1v) is 6.10. The molecule has 0 atom stereocenters. The molecule has 1 aliphatic rings. The second kappa shape index (κ2) is 4.35. The van der Waals surface area contributed by atoms with E-state index in [0.29, 0.717) is 0 Å². The van der Waals surface area contributed by atoms with Crippen molar-refractivity contribution in [3.05, 3.63) is 28.7 Å². The highest BCUT2D eigenvalue weighted by Crippen LogP contribution is 2.32. The molecule has 0 spiro atoms. The van der Waals surface area contributed by atoms with Gasteiger partial charge in [-0.15, -0.1) is 0 Å². The van der Waals surface area contributed by atoms with E-state index in [1.165, 1.54) is 36.1 Å². The Labute approximate surface area is 94.2 Å². The van der Waals surface area contributed by atoms with Gasteiger partial charge in [-0.05, 0) is 40.4 Å². The Morgan fingerprint density at radius 2 is 2.07 bits per heavy atom. The van der Waals surface area contributed by atoms with Gasteiger partial charge in [0.15, 0.2) is 0 Å². The largest absolute Gasteiger partial charge is 0.370 e. The number of nitrogens with zero attached hydrogens (tertiary/aromatic N) is 1. The van der Waals surface area contributed by atoms with Crippen LogP contribution in [0, 0.1) is 5.92 Å². The summed E-state index contributed by atoms with van der Waals surface area (Å²) in [7, 11) is 0. The van der Waals surface area contributed by atoms with Gasteiger partial charge in [0.2, 0.25) is 0 Å². The summed E-state index contributed by atoms with van der Waals surface area (Å²) in [6.07, 6.45) is 2.69. The molecule has 1 fully saturated rings. The third kappa shape index (κ3) is 1.95. The molecule has 14 heavy (non-hydrogen) atoms. The number of benzene rings is 1. The van der Waals surface area contributed by atoms with Crippen LogP contribution in [0.5, 0.6) is 0 Å². The molecular formula is C12H16BrN. The molecule has 0 aromatic heterocycles. The van der Waals surface area contributed by atoms with Crippen LogP contribution in [0.1, 0.15) is 19.8 Å². The number of anilines is 1. The van der Waals surface area contributed by atoms with Crippen molar-refractivity contribution in [1.29, 1.82) is 0 Å². The summed E-state index contributed by atoms with van der Waals surface area (Å²) in [4.78, 5) is 2.45. The van der Waals surface area contributed by atoms with E-state index in [1.807, 2.05) is 0 Å². The lowest BCUT2D eigenvalue weighted by Crippen LogP contribution is -2.46. The predicted octanol–water partition coefficient (Wildman–Crippen LogP) is 3.69. The van der Waals surface area contributed by atoms with E-state index >= 15 is 0 Å². The molecule has 1 aromatic carbocycles. The molecule has 0 radical (unpaired) electrons. The standard InChI is InChI=1S/C12H16BrN/c1-2-5-10-8-14(9-10)12-7-4-3-6-11(12)13/h3-4,6-7,10H,2,5,8-9H2,1H3. The Kier molecular flexibility index (Phi) is 3.12. The highest BCUT2D eigenvalue weighted by Gasteiger charge is 2.26. The number of para-hydroxylation sites is 1. The van der Waals surface area contributed by atoms with Gasteiger partial charge >= 0.3 is 0 Å². The average molecular weight is 254 g/mol. The SMILES string of the molecule is CCCC1CN(c2ccccc2Br)C1. The molecule has 1 heterocycles. The Morgan fingerprint density at radius 1 is 1.36 bits per heavy atom. The van der Waals surface area contributed by atoms with Crippen molar-refractivity contribution >= 4 is 21.6 Å². The molecule has 0 N–H and O–H groups in total. The highest BCUT2D eigenvalue weighted by atomic mass is 79.9. The summed E-state index contributed by atoms with van der Waals surface area (Å²) in [6, 6.07) is 8.47. The first kappa shape index (κ1) is 10.0. The van der Waals surface area contributed by atoms with Gasteiger partial charge in [0.1, 0.15) is 0 Å². The Morgan fingerprint density at radius 3 is 2.71 bits per heavy atom. The van der Waals surface area contributed by atoms with Crippen LogP contribution in [0.25, 0.3) is 0 Å². The van der Waals surface area contributed by atoms with E-state index in [9.17, 15) is 0 Å². The maximum absolute atomic E-state index is 3.59. The Bertz CT molecular complexity index is 305. The van der Waals surface area contributed by atoms with Crippen molar-refractivity contribution < 1.29 is 0 Å². The minimum Gasteiger partial charge on any atom is -0.370 e. The van der Waals surface area contributed by atoms with Crippen molar-refractivity contribution in [3.8, 4) is 0 Å². The van der Waals surface area contributed by atoms with Crippen LogP contribution in [0.4, 0.5) is 5.69 Å². The Hall–Kier alpha value is -0.500. The molecule has 2 heteroatoms. The molecule has 1 aromatic rings. The van der Waals surface area contributed by atoms with E-state index in [4.69, 9.17) is 0 Å². The van der Waals surface area contributed by atoms with Gasteiger partial charge in [-0.3, -0.25) is 0 Å². The van der Waals surface area contributed by atoms with Crippen LogP contribution >= 0.6 is 15.9 Å². The van der Waals surface area contributed by atoms with Gasteiger partial charge in [0.25, 0.3) is 0 Å². The van der Waals surface area contributed by atoms with Crippen LogP contribution in [0.15, 0.2) is 28.7 Å². The molecule has 0 amide bonds. The maximum atomic E-state index is 3.59. The van der Waals surface area contributed by atoms with Gasteiger partial charge in [0, 0.05) is 17.6 Å². The normalized spacial score (nSPS) is 16.9. The van der Waals surface area contributed by atoms with Crippen LogP contribution in [-0.2, 0) is 0 Å². The third-order valence-electron chi connectivity index (χ3n) is 2.85. The highest BCUT2D eigenvalue weighted by molar-refractivity contribution is 9.10. The van der Waals surface area contributed by atoms with E-state index in [-0.39, 0.29) is 0 Å². The second-order valence-electron chi connectivity index (χ2n) is 4.01. The first-order valence-electron chi connectivity index (χ1n) is 5.30. The van der Waals surface area contributed by atoms with Crippen LogP contribution in [0.3, 0.4) is 0 Å². The fourth-order valence-corrected chi connectivity index (χ4v) is 2.60. The van der Waals surface area contributed by atoms with Crippen molar-refractivity contribution in [2.75, 3.05) is 18.0 Å². The molecular weight excluding hydrogens is 238 g/mol. The van der Waals surface area contributed by atoms with Gasteiger partial charge in [-0.2, -0.15) is 0 Å². The zero-order valence-electron chi connectivity index (χ0n) is 8.54. The van der Waals surface area contributed by atoms with Crippen molar-refractivity contribution in [2.24, 2.45) is 5.92 Å². The third-order valence-corrected chi connectivity index (χ3v) is 3.52. The summed E-state index contributed by atoms with van der Waals surface area (Å²) in [6.45, 7) is 4.73. The lowest BCUT2D eigenvalue weighted by molar-refractivity contribution is 0.380. The second-order valence-corrected chi connectivity index (χ2v) is 4.87. The number of hydrogen-bond acceptors (Lipinski definition) is 1. The van der Waals surface area contributed by atoms with Crippen LogP contribution in [0.2, 0.25) is 0 Å². The minimum atomic E-state index is 0.923.